The summed E-state index contributed by atoms with van der Waals surface area (Å²) in [5.41, 5.74) is 0.412. The lowest BCUT2D eigenvalue weighted by Gasteiger charge is -2.34. The van der Waals surface area contributed by atoms with Crippen molar-refractivity contribution in [2.75, 3.05) is 46.4 Å². The van der Waals surface area contributed by atoms with Crippen LogP contribution < -0.4 is 4.74 Å². The summed E-state index contributed by atoms with van der Waals surface area (Å²) in [6, 6.07) is 5.18. The first-order chi connectivity index (χ1) is 9.24. The zero-order chi connectivity index (χ0) is 13.7. The molecule has 0 unspecified atom stereocenters. The Labute approximate surface area is 112 Å². The third-order valence-corrected chi connectivity index (χ3v) is 3.23. The number of ether oxygens (including phenoxy) is 1. The molecule has 1 aromatic heterocycles. The third kappa shape index (κ3) is 3.42. The lowest BCUT2D eigenvalue weighted by Crippen LogP contribution is -2.49. The Balaban J connectivity index is 1.97. The van der Waals surface area contributed by atoms with Crippen LogP contribution in [0.4, 0.5) is 0 Å². The largest absolute Gasteiger partial charge is 0.481 e. The van der Waals surface area contributed by atoms with Crippen molar-refractivity contribution < 1.29 is 14.6 Å². The number of rotatable bonds is 4. The van der Waals surface area contributed by atoms with E-state index in [1.807, 2.05) is 0 Å². The molecule has 0 aliphatic carbocycles. The number of carbonyl (C=O) groups is 1. The van der Waals surface area contributed by atoms with Gasteiger partial charge in [0.2, 0.25) is 5.88 Å². The van der Waals surface area contributed by atoms with Crippen molar-refractivity contribution in [3.63, 3.8) is 0 Å². The highest BCUT2D eigenvalue weighted by atomic mass is 16.5. The fourth-order valence-electron chi connectivity index (χ4n) is 2.13. The Morgan fingerprint density at radius 2 is 2.11 bits per heavy atom. The van der Waals surface area contributed by atoms with Crippen LogP contribution in [0.1, 0.15) is 10.5 Å². The number of aromatic nitrogens is 1. The topological polar surface area (TPSA) is 65.9 Å². The Morgan fingerprint density at radius 1 is 1.37 bits per heavy atom. The minimum absolute atomic E-state index is 0.0671. The molecule has 1 aromatic rings. The highest BCUT2D eigenvalue weighted by Gasteiger charge is 2.22. The van der Waals surface area contributed by atoms with Gasteiger partial charge in [-0.15, -0.1) is 0 Å². The van der Waals surface area contributed by atoms with E-state index >= 15 is 0 Å². The van der Waals surface area contributed by atoms with Gasteiger partial charge in [0.1, 0.15) is 5.69 Å². The third-order valence-electron chi connectivity index (χ3n) is 3.23. The van der Waals surface area contributed by atoms with Crippen LogP contribution in [0.2, 0.25) is 0 Å². The van der Waals surface area contributed by atoms with E-state index in [-0.39, 0.29) is 12.5 Å². The Morgan fingerprint density at radius 3 is 2.74 bits per heavy atom. The van der Waals surface area contributed by atoms with Gasteiger partial charge in [0.05, 0.1) is 13.7 Å². The number of pyridine rings is 1. The number of aliphatic hydroxyl groups is 1. The molecule has 104 valence electrons. The molecule has 1 fully saturated rings. The molecule has 2 rings (SSSR count). The van der Waals surface area contributed by atoms with Crippen LogP contribution in [-0.2, 0) is 0 Å². The summed E-state index contributed by atoms with van der Waals surface area (Å²) in [6.07, 6.45) is 0. The average Bonchev–Trinajstić information content (AvgIpc) is 2.48. The van der Waals surface area contributed by atoms with Crippen molar-refractivity contribution in [2.24, 2.45) is 0 Å². The number of aliphatic hydroxyl groups excluding tert-OH is 1. The number of methoxy groups -OCH3 is 1. The summed E-state index contributed by atoms with van der Waals surface area (Å²) in [5, 5.41) is 8.88. The molecule has 1 N–H and O–H groups in total. The van der Waals surface area contributed by atoms with E-state index in [9.17, 15) is 4.79 Å². The van der Waals surface area contributed by atoms with Gasteiger partial charge >= 0.3 is 0 Å². The van der Waals surface area contributed by atoms with Crippen LogP contribution in [0, 0.1) is 0 Å². The molecule has 1 aliphatic rings. The molecule has 0 aromatic carbocycles. The molecular formula is C13H19N3O3. The average molecular weight is 265 g/mol. The fraction of sp³-hybridized carbons (Fsp3) is 0.538. The summed E-state index contributed by atoms with van der Waals surface area (Å²) in [5.74, 6) is 0.382. The van der Waals surface area contributed by atoms with Gasteiger partial charge in [-0.25, -0.2) is 4.98 Å². The van der Waals surface area contributed by atoms with Gasteiger partial charge in [0.25, 0.3) is 5.91 Å². The number of β-amino-alcohol motifs (C(OH)–C–C–N with tert-alkyl or cyclic N) is 1. The molecular weight excluding hydrogens is 246 g/mol. The molecule has 6 heteroatoms. The zero-order valence-corrected chi connectivity index (χ0v) is 11.1. The molecule has 0 bridgehead atoms. The first-order valence-corrected chi connectivity index (χ1v) is 6.38. The van der Waals surface area contributed by atoms with E-state index in [4.69, 9.17) is 9.84 Å². The summed E-state index contributed by atoms with van der Waals surface area (Å²) < 4.78 is 5.02. The van der Waals surface area contributed by atoms with Crippen molar-refractivity contribution in [1.29, 1.82) is 0 Å². The molecule has 19 heavy (non-hydrogen) atoms. The number of amides is 1. The maximum atomic E-state index is 12.3. The number of hydrogen-bond donors (Lipinski definition) is 1. The first kappa shape index (κ1) is 13.8. The molecule has 1 amide bonds. The van der Waals surface area contributed by atoms with Crippen LogP contribution in [-0.4, -0.2) is 72.2 Å². The predicted octanol–water partition coefficient (Wildman–Crippen LogP) is -0.160. The maximum Gasteiger partial charge on any atom is 0.272 e. The second kappa shape index (κ2) is 6.49. The zero-order valence-electron chi connectivity index (χ0n) is 11.1. The Hall–Kier alpha value is -1.66. The first-order valence-electron chi connectivity index (χ1n) is 6.38. The van der Waals surface area contributed by atoms with Crippen molar-refractivity contribution in [2.45, 2.75) is 0 Å². The van der Waals surface area contributed by atoms with Crippen LogP contribution in [0.3, 0.4) is 0 Å². The van der Waals surface area contributed by atoms with E-state index in [1.54, 1.807) is 23.1 Å². The SMILES string of the molecule is COc1cccc(C(=O)N2CCN(CCO)CC2)n1. The maximum absolute atomic E-state index is 12.3. The van der Waals surface area contributed by atoms with Gasteiger partial charge in [-0.05, 0) is 6.07 Å². The predicted molar refractivity (Wildman–Crippen MR) is 70.2 cm³/mol. The monoisotopic (exact) mass is 265 g/mol. The standard InChI is InChI=1S/C13H19N3O3/c1-19-12-4-2-3-11(14-12)13(18)16-7-5-15(6-8-16)9-10-17/h2-4,17H,5-10H2,1H3. The summed E-state index contributed by atoms with van der Waals surface area (Å²) in [4.78, 5) is 20.4. The lowest BCUT2D eigenvalue weighted by molar-refractivity contribution is 0.0608. The molecule has 0 spiro atoms. The smallest absolute Gasteiger partial charge is 0.272 e. The molecule has 0 atom stereocenters. The Bertz CT molecular complexity index is 431. The molecule has 0 radical (unpaired) electrons. The van der Waals surface area contributed by atoms with E-state index in [0.29, 0.717) is 31.2 Å². The second-order valence-corrected chi connectivity index (χ2v) is 4.42. The highest BCUT2D eigenvalue weighted by Crippen LogP contribution is 2.11. The minimum Gasteiger partial charge on any atom is -0.481 e. The second-order valence-electron chi connectivity index (χ2n) is 4.42. The van der Waals surface area contributed by atoms with Crippen molar-refractivity contribution in [3.8, 4) is 5.88 Å². The number of hydrogen-bond acceptors (Lipinski definition) is 5. The van der Waals surface area contributed by atoms with Crippen LogP contribution in [0.15, 0.2) is 18.2 Å². The summed E-state index contributed by atoms with van der Waals surface area (Å²) >= 11 is 0. The van der Waals surface area contributed by atoms with Crippen LogP contribution in [0.5, 0.6) is 5.88 Å². The highest BCUT2D eigenvalue weighted by molar-refractivity contribution is 5.92. The molecule has 6 nitrogen and oxygen atoms in total. The van der Waals surface area contributed by atoms with Gasteiger partial charge in [0.15, 0.2) is 0 Å². The summed E-state index contributed by atoms with van der Waals surface area (Å²) in [7, 11) is 1.53. The van der Waals surface area contributed by atoms with Gasteiger partial charge in [-0.2, -0.15) is 0 Å². The van der Waals surface area contributed by atoms with E-state index in [2.05, 4.69) is 9.88 Å². The van der Waals surface area contributed by atoms with E-state index in [1.165, 1.54) is 7.11 Å². The van der Waals surface area contributed by atoms with Crippen molar-refractivity contribution >= 4 is 5.91 Å². The molecule has 0 saturated carbocycles. The quantitative estimate of drug-likeness (QED) is 0.819. The van der Waals surface area contributed by atoms with E-state index < -0.39 is 0 Å². The number of nitrogens with zero attached hydrogens (tertiary/aromatic N) is 3. The molecule has 1 saturated heterocycles. The summed E-state index contributed by atoms with van der Waals surface area (Å²) in [6.45, 7) is 3.73. The Kier molecular flexibility index (Phi) is 4.70. The van der Waals surface area contributed by atoms with Gasteiger partial charge in [-0.1, -0.05) is 6.07 Å². The van der Waals surface area contributed by atoms with Crippen LogP contribution >= 0.6 is 0 Å². The van der Waals surface area contributed by atoms with Crippen molar-refractivity contribution in [1.82, 2.24) is 14.8 Å². The van der Waals surface area contributed by atoms with E-state index in [0.717, 1.165) is 13.1 Å². The molecule has 2 heterocycles. The lowest BCUT2D eigenvalue weighted by atomic mass is 10.2. The van der Waals surface area contributed by atoms with Gasteiger partial charge in [0, 0.05) is 38.8 Å². The van der Waals surface area contributed by atoms with Gasteiger partial charge in [-0.3, -0.25) is 9.69 Å². The fourth-order valence-corrected chi connectivity index (χ4v) is 2.13. The normalized spacial score (nSPS) is 16.4. The van der Waals surface area contributed by atoms with Crippen molar-refractivity contribution in [3.05, 3.63) is 23.9 Å². The minimum atomic E-state index is -0.0671. The number of carbonyl (C=O) groups excluding carboxylic acids is 1. The van der Waals surface area contributed by atoms with Gasteiger partial charge < -0.3 is 14.7 Å². The van der Waals surface area contributed by atoms with Crippen LogP contribution in [0.25, 0.3) is 0 Å². The number of piperazine rings is 1. The molecule has 1 aliphatic heterocycles.